The molecule has 1 saturated heterocycles. The summed E-state index contributed by atoms with van der Waals surface area (Å²) in [7, 11) is 4.31. The molecule has 1 aromatic heterocycles. The van der Waals surface area contributed by atoms with Crippen molar-refractivity contribution in [1.82, 2.24) is 9.47 Å². The van der Waals surface area contributed by atoms with Crippen LogP contribution in [-0.2, 0) is 18.3 Å². The highest BCUT2D eigenvalue weighted by Crippen LogP contribution is 2.19. The van der Waals surface area contributed by atoms with E-state index in [2.05, 4.69) is 54.0 Å². The molecule has 0 radical (unpaired) electrons. The Hall–Kier alpha value is -1.32. The summed E-state index contributed by atoms with van der Waals surface area (Å²) in [6, 6.07) is 8.98. The second-order valence-electron chi connectivity index (χ2n) is 6.33. The van der Waals surface area contributed by atoms with Crippen molar-refractivity contribution in [1.29, 1.82) is 0 Å². The van der Waals surface area contributed by atoms with Crippen molar-refractivity contribution in [2.24, 2.45) is 7.05 Å². The van der Waals surface area contributed by atoms with Crippen molar-refractivity contribution in [3.63, 3.8) is 0 Å². The number of rotatable bonds is 6. The van der Waals surface area contributed by atoms with Crippen LogP contribution in [0.2, 0.25) is 0 Å². The number of aromatic nitrogens is 1. The normalized spacial score (nSPS) is 18.9. The minimum atomic E-state index is 0.527. The first kappa shape index (κ1) is 14.6. The van der Waals surface area contributed by atoms with E-state index in [-0.39, 0.29) is 0 Å². The Labute approximate surface area is 127 Å². The molecule has 0 N–H and O–H groups in total. The molecule has 3 heteroatoms. The fourth-order valence-electron chi connectivity index (χ4n) is 3.28. The van der Waals surface area contributed by atoms with Gasteiger partial charge in [-0.1, -0.05) is 6.07 Å². The molecule has 3 rings (SSSR count). The molecule has 114 valence electrons. The number of fused-ring (bicyclic) bond motifs is 1. The van der Waals surface area contributed by atoms with Gasteiger partial charge in [0.1, 0.15) is 0 Å². The fraction of sp³-hybridized carbons (Fsp3) is 0.556. The van der Waals surface area contributed by atoms with Crippen LogP contribution in [0.15, 0.2) is 30.5 Å². The molecule has 0 spiro atoms. The highest BCUT2D eigenvalue weighted by molar-refractivity contribution is 5.80. The molecule has 2 heterocycles. The molecule has 1 aromatic carbocycles. The first-order valence-corrected chi connectivity index (χ1v) is 8.06. The first-order valence-electron chi connectivity index (χ1n) is 8.06. The van der Waals surface area contributed by atoms with E-state index in [1.54, 1.807) is 0 Å². The molecule has 0 bridgehead atoms. The second kappa shape index (κ2) is 6.63. The van der Waals surface area contributed by atoms with Crippen molar-refractivity contribution < 1.29 is 4.74 Å². The van der Waals surface area contributed by atoms with Crippen LogP contribution in [0, 0.1) is 0 Å². The number of aryl methyl sites for hydroxylation is 1. The van der Waals surface area contributed by atoms with Gasteiger partial charge >= 0.3 is 0 Å². The lowest BCUT2D eigenvalue weighted by atomic mass is 10.1. The van der Waals surface area contributed by atoms with Crippen LogP contribution in [0.25, 0.3) is 10.9 Å². The van der Waals surface area contributed by atoms with Gasteiger partial charge in [-0.05, 0) is 68.4 Å². The average Bonchev–Trinajstić information content (AvgIpc) is 3.09. The Morgan fingerprint density at radius 1 is 1.33 bits per heavy atom. The van der Waals surface area contributed by atoms with Gasteiger partial charge in [0.25, 0.3) is 0 Å². The topological polar surface area (TPSA) is 17.4 Å². The SMILES string of the molecule is CN(CCCC1CCCO1)Cc1ccc2c(ccn2C)c1. The van der Waals surface area contributed by atoms with Crippen molar-refractivity contribution in [3.8, 4) is 0 Å². The van der Waals surface area contributed by atoms with Crippen molar-refractivity contribution in [3.05, 3.63) is 36.0 Å². The van der Waals surface area contributed by atoms with Gasteiger partial charge in [0.05, 0.1) is 6.10 Å². The van der Waals surface area contributed by atoms with Gasteiger partial charge in [-0.25, -0.2) is 0 Å². The molecule has 1 fully saturated rings. The largest absolute Gasteiger partial charge is 0.378 e. The molecule has 1 unspecified atom stereocenters. The summed E-state index contributed by atoms with van der Waals surface area (Å²) in [6.07, 6.45) is 7.60. The molecule has 2 aromatic rings. The summed E-state index contributed by atoms with van der Waals surface area (Å²) in [6.45, 7) is 3.14. The molecular weight excluding hydrogens is 260 g/mol. The Morgan fingerprint density at radius 3 is 3.05 bits per heavy atom. The number of hydrogen-bond donors (Lipinski definition) is 0. The van der Waals surface area contributed by atoms with Crippen LogP contribution < -0.4 is 0 Å². The number of ether oxygens (including phenoxy) is 1. The van der Waals surface area contributed by atoms with Crippen molar-refractivity contribution in [2.75, 3.05) is 20.2 Å². The molecule has 3 nitrogen and oxygen atoms in total. The minimum absolute atomic E-state index is 0.527. The smallest absolute Gasteiger partial charge is 0.0576 e. The third-order valence-electron chi connectivity index (χ3n) is 4.49. The van der Waals surface area contributed by atoms with Crippen LogP contribution in [0.5, 0.6) is 0 Å². The summed E-state index contributed by atoms with van der Waals surface area (Å²) < 4.78 is 7.85. The van der Waals surface area contributed by atoms with Gasteiger partial charge < -0.3 is 14.2 Å². The predicted octanol–water partition coefficient (Wildman–Crippen LogP) is 3.57. The lowest BCUT2D eigenvalue weighted by Gasteiger charge is -2.18. The molecule has 1 atom stereocenters. The Kier molecular flexibility index (Phi) is 4.61. The average molecular weight is 286 g/mol. The highest BCUT2D eigenvalue weighted by Gasteiger charge is 2.14. The van der Waals surface area contributed by atoms with Crippen LogP contribution in [0.1, 0.15) is 31.2 Å². The minimum Gasteiger partial charge on any atom is -0.378 e. The maximum atomic E-state index is 5.68. The van der Waals surface area contributed by atoms with E-state index in [0.29, 0.717) is 6.10 Å². The van der Waals surface area contributed by atoms with E-state index >= 15 is 0 Å². The third-order valence-corrected chi connectivity index (χ3v) is 4.49. The van der Waals surface area contributed by atoms with Gasteiger partial charge in [-0.15, -0.1) is 0 Å². The van der Waals surface area contributed by atoms with E-state index in [0.717, 1.165) is 19.7 Å². The summed E-state index contributed by atoms with van der Waals surface area (Å²) >= 11 is 0. The van der Waals surface area contributed by atoms with Gasteiger partial charge in [0.15, 0.2) is 0 Å². The predicted molar refractivity (Wildman–Crippen MR) is 87.5 cm³/mol. The van der Waals surface area contributed by atoms with Crippen LogP contribution in [-0.4, -0.2) is 35.8 Å². The van der Waals surface area contributed by atoms with Crippen LogP contribution >= 0.6 is 0 Å². The molecule has 21 heavy (non-hydrogen) atoms. The molecule has 0 saturated carbocycles. The van der Waals surface area contributed by atoms with Gasteiger partial charge in [0.2, 0.25) is 0 Å². The Morgan fingerprint density at radius 2 is 2.24 bits per heavy atom. The Balaban J connectivity index is 1.49. The zero-order chi connectivity index (χ0) is 14.7. The zero-order valence-electron chi connectivity index (χ0n) is 13.2. The number of nitrogens with zero attached hydrogens (tertiary/aromatic N) is 2. The fourth-order valence-corrected chi connectivity index (χ4v) is 3.28. The summed E-state index contributed by atoms with van der Waals surface area (Å²) in [4.78, 5) is 2.42. The Bertz CT molecular complexity index is 584. The number of hydrogen-bond acceptors (Lipinski definition) is 2. The van der Waals surface area contributed by atoms with E-state index in [1.807, 2.05) is 0 Å². The number of benzene rings is 1. The summed E-state index contributed by atoms with van der Waals surface area (Å²) in [5.74, 6) is 0. The van der Waals surface area contributed by atoms with Crippen LogP contribution in [0.4, 0.5) is 0 Å². The van der Waals surface area contributed by atoms with Crippen molar-refractivity contribution >= 4 is 10.9 Å². The van der Waals surface area contributed by atoms with Crippen molar-refractivity contribution in [2.45, 2.75) is 38.3 Å². The first-order chi connectivity index (χ1) is 10.2. The molecule has 1 aliphatic heterocycles. The molecule has 0 amide bonds. The van der Waals surface area contributed by atoms with E-state index in [4.69, 9.17) is 4.74 Å². The molecular formula is C18H26N2O. The monoisotopic (exact) mass is 286 g/mol. The third kappa shape index (κ3) is 3.66. The second-order valence-corrected chi connectivity index (χ2v) is 6.33. The van der Waals surface area contributed by atoms with E-state index in [9.17, 15) is 0 Å². The summed E-state index contributed by atoms with van der Waals surface area (Å²) in [5.41, 5.74) is 2.70. The van der Waals surface area contributed by atoms with E-state index in [1.165, 1.54) is 42.1 Å². The zero-order valence-corrected chi connectivity index (χ0v) is 13.2. The maximum absolute atomic E-state index is 5.68. The highest BCUT2D eigenvalue weighted by atomic mass is 16.5. The quantitative estimate of drug-likeness (QED) is 0.807. The lowest BCUT2D eigenvalue weighted by Crippen LogP contribution is -2.20. The van der Waals surface area contributed by atoms with Gasteiger partial charge in [0, 0.05) is 31.9 Å². The summed E-state index contributed by atoms with van der Waals surface area (Å²) in [5, 5.41) is 1.34. The molecule has 0 aliphatic carbocycles. The van der Waals surface area contributed by atoms with Gasteiger partial charge in [-0.2, -0.15) is 0 Å². The standard InChI is InChI=1S/C18H26N2O/c1-19(10-3-5-17-6-4-12-21-17)14-15-7-8-18-16(13-15)9-11-20(18)2/h7-9,11,13,17H,3-6,10,12,14H2,1-2H3. The van der Waals surface area contributed by atoms with E-state index < -0.39 is 0 Å². The molecule has 1 aliphatic rings. The van der Waals surface area contributed by atoms with Crippen LogP contribution in [0.3, 0.4) is 0 Å². The lowest BCUT2D eigenvalue weighted by molar-refractivity contribution is 0.0995. The maximum Gasteiger partial charge on any atom is 0.0576 e. The van der Waals surface area contributed by atoms with Gasteiger partial charge in [-0.3, -0.25) is 0 Å².